The molecule has 0 bridgehead atoms. The van der Waals surface area contributed by atoms with Gasteiger partial charge in [0.1, 0.15) is 8.42 Å². The molecule has 10 heteroatoms. The minimum absolute atomic E-state index is 0.163. The second-order valence-corrected chi connectivity index (χ2v) is 13.8. The Bertz CT molecular complexity index is 1860. The monoisotopic (exact) mass is 524 g/mol. The van der Waals surface area contributed by atoms with Crippen molar-refractivity contribution < 1.29 is 16.8 Å². The summed E-state index contributed by atoms with van der Waals surface area (Å²) in [5.41, 5.74) is 0.481. The maximum absolute atomic E-state index is 13.6. The number of hydrogen-bond donors (Lipinski definition) is 1. The van der Waals surface area contributed by atoms with Gasteiger partial charge in [0.15, 0.2) is 0 Å². The van der Waals surface area contributed by atoms with Gasteiger partial charge in [-0.25, -0.2) is 12.4 Å². The number of aromatic nitrogens is 1. The summed E-state index contributed by atoms with van der Waals surface area (Å²) >= 11 is 2.35. The molecule has 3 aromatic heterocycles. The Morgan fingerprint density at radius 2 is 1.24 bits per heavy atom. The fraction of sp³-hybridized carbons (Fsp3) is 0. The number of nitrogens with one attached hydrogen (secondary N) is 1. The number of fused-ring (bicyclic) bond motifs is 3. The molecule has 6 nitrogen and oxygen atoms in total. The fourth-order valence-electron chi connectivity index (χ4n) is 3.91. The third kappa shape index (κ3) is 3.41. The summed E-state index contributed by atoms with van der Waals surface area (Å²) in [7, 11) is -7.87. The molecule has 170 valence electrons. The molecule has 34 heavy (non-hydrogen) atoms. The molecule has 0 saturated heterocycles. The van der Waals surface area contributed by atoms with E-state index in [0.717, 1.165) is 24.1 Å². The van der Waals surface area contributed by atoms with E-state index in [4.69, 9.17) is 0 Å². The SMILES string of the molecule is O=S(=O)(Nc1cccc2ccn(S(=O)(=O)c3cc4ccccc4s3)c12)c1cc2ccccc2s1. The minimum atomic E-state index is -3.94. The van der Waals surface area contributed by atoms with Crippen LogP contribution in [-0.2, 0) is 20.0 Å². The first-order valence-electron chi connectivity index (χ1n) is 10.2. The van der Waals surface area contributed by atoms with Crippen LogP contribution in [0.25, 0.3) is 31.1 Å². The van der Waals surface area contributed by atoms with Crippen molar-refractivity contribution in [2.75, 3.05) is 4.72 Å². The number of hydrogen-bond acceptors (Lipinski definition) is 6. The quantitative estimate of drug-likeness (QED) is 0.295. The Balaban J connectivity index is 1.47. The van der Waals surface area contributed by atoms with E-state index >= 15 is 0 Å². The first kappa shape index (κ1) is 21.4. The number of sulfonamides is 1. The van der Waals surface area contributed by atoms with Crippen LogP contribution in [0, 0.1) is 0 Å². The lowest BCUT2D eigenvalue weighted by atomic mass is 10.2. The lowest BCUT2D eigenvalue weighted by Crippen LogP contribution is -2.15. The molecule has 0 amide bonds. The van der Waals surface area contributed by atoms with Crippen LogP contribution in [-0.4, -0.2) is 20.8 Å². The highest BCUT2D eigenvalue weighted by molar-refractivity contribution is 7.95. The van der Waals surface area contributed by atoms with Crippen LogP contribution in [0.3, 0.4) is 0 Å². The molecule has 0 saturated carbocycles. The largest absolute Gasteiger partial charge is 0.277 e. The molecular formula is C24H16N2O4S4. The summed E-state index contributed by atoms with van der Waals surface area (Å²) in [6.45, 7) is 0. The van der Waals surface area contributed by atoms with Crippen LogP contribution in [0.4, 0.5) is 5.69 Å². The molecule has 0 fully saturated rings. The molecule has 0 aliphatic carbocycles. The molecule has 3 aromatic carbocycles. The Morgan fingerprint density at radius 3 is 1.91 bits per heavy atom. The highest BCUT2D eigenvalue weighted by Gasteiger charge is 2.25. The van der Waals surface area contributed by atoms with Crippen molar-refractivity contribution in [2.24, 2.45) is 0 Å². The van der Waals surface area contributed by atoms with E-state index < -0.39 is 20.0 Å². The number of para-hydroxylation sites is 1. The fourth-order valence-corrected chi connectivity index (χ4v) is 9.24. The molecule has 0 radical (unpaired) electrons. The van der Waals surface area contributed by atoms with E-state index in [1.807, 2.05) is 48.5 Å². The molecule has 1 N–H and O–H groups in total. The van der Waals surface area contributed by atoms with Gasteiger partial charge in [-0.3, -0.25) is 4.72 Å². The number of thiophene rings is 2. The first-order valence-corrected chi connectivity index (χ1v) is 14.7. The van der Waals surface area contributed by atoms with E-state index in [1.54, 1.807) is 36.4 Å². The molecular weight excluding hydrogens is 509 g/mol. The van der Waals surface area contributed by atoms with Crippen molar-refractivity contribution >= 4 is 79.5 Å². The van der Waals surface area contributed by atoms with Crippen molar-refractivity contribution in [1.29, 1.82) is 0 Å². The number of benzene rings is 3. The molecule has 3 heterocycles. The lowest BCUT2D eigenvalue weighted by molar-refractivity contribution is 0.590. The van der Waals surface area contributed by atoms with E-state index in [2.05, 4.69) is 4.72 Å². The molecule has 6 rings (SSSR count). The van der Waals surface area contributed by atoms with Crippen LogP contribution in [0.5, 0.6) is 0 Å². The van der Waals surface area contributed by atoms with Crippen LogP contribution >= 0.6 is 22.7 Å². The van der Waals surface area contributed by atoms with Crippen LogP contribution < -0.4 is 4.72 Å². The lowest BCUT2D eigenvalue weighted by Gasteiger charge is -2.11. The minimum Gasteiger partial charge on any atom is -0.277 e. The maximum atomic E-state index is 13.6. The Hall–Kier alpha value is -3.18. The van der Waals surface area contributed by atoms with Gasteiger partial charge in [-0.05, 0) is 47.2 Å². The van der Waals surface area contributed by atoms with Gasteiger partial charge in [0.25, 0.3) is 20.0 Å². The predicted octanol–water partition coefficient (Wildman–Crippen LogP) is 6.11. The second-order valence-electron chi connectivity index (χ2n) is 7.67. The summed E-state index contributed by atoms with van der Waals surface area (Å²) in [6, 6.07) is 24.8. The number of anilines is 1. The second kappa shape index (κ2) is 7.67. The molecule has 0 spiro atoms. The van der Waals surface area contributed by atoms with Crippen molar-refractivity contribution in [3.63, 3.8) is 0 Å². The predicted molar refractivity (Wildman–Crippen MR) is 139 cm³/mol. The van der Waals surface area contributed by atoms with E-state index in [0.29, 0.717) is 5.39 Å². The highest BCUT2D eigenvalue weighted by atomic mass is 32.3. The number of nitrogens with zero attached hydrogens (tertiary/aromatic N) is 1. The standard InChI is InChI=1S/C24H16N2O4S4/c27-33(28,22-14-17-6-1-3-10-20(17)31-22)25-19-9-5-8-16-12-13-26(24(16)19)34(29,30)23-15-18-7-2-4-11-21(18)32-23/h1-15,25H. The van der Waals surface area contributed by atoms with Gasteiger partial charge in [0, 0.05) is 21.0 Å². The summed E-state index contributed by atoms with van der Waals surface area (Å²) in [5.74, 6) is 0. The molecule has 6 aromatic rings. The third-order valence-corrected chi connectivity index (χ3v) is 11.7. The van der Waals surface area contributed by atoms with Gasteiger partial charge < -0.3 is 0 Å². The normalized spacial score (nSPS) is 12.6. The van der Waals surface area contributed by atoms with Gasteiger partial charge in [-0.2, -0.15) is 8.42 Å². The van der Waals surface area contributed by atoms with Gasteiger partial charge in [-0.1, -0.05) is 48.5 Å². The van der Waals surface area contributed by atoms with Crippen molar-refractivity contribution in [3.8, 4) is 0 Å². The molecule has 0 unspecified atom stereocenters. The summed E-state index contributed by atoms with van der Waals surface area (Å²) in [4.78, 5) is 0. The Morgan fingerprint density at radius 1 is 0.647 bits per heavy atom. The topological polar surface area (TPSA) is 85.2 Å². The maximum Gasteiger partial charge on any atom is 0.277 e. The zero-order valence-electron chi connectivity index (χ0n) is 17.4. The van der Waals surface area contributed by atoms with Crippen molar-refractivity contribution in [1.82, 2.24) is 3.97 Å². The third-order valence-electron chi connectivity index (χ3n) is 5.51. The highest BCUT2D eigenvalue weighted by Crippen LogP contribution is 2.35. The average molecular weight is 525 g/mol. The zero-order chi connectivity index (χ0) is 23.5. The van der Waals surface area contributed by atoms with E-state index in [-0.39, 0.29) is 19.6 Å². The summed E-state index contributed by atoms with van der Waals surface area (Å²) in [5, 5.41) is 2.29. The van der Waals surface area contributed by atoms with Gasteiger partial charge in [0.05, 0.1) is 11.2 Å². The van der Waals surface area contributed by atoms with Crippen LogP contribution in [0.15, 0.2) is 99.5 Å². The van der Waals surface area contributed by atoms with Gasteiger partial charge in [0.2, 0.25) is 0 Å². The van der Waals surface area contributed by atoms with Crippen molar-refractivity contribution in [3.05, 3.63) is 91.1 Å². The smallest absolute Gasteiger partial charge is 0.277 e. The van der Waals surface area contributed by atoms with Crippen LogP contribution in [0.2, 0.25) is 0 Å². The van der Waals surface area contributed by atoms with Crippen molar-refractivity contribution in [2.45, 2.75) is 8.42 Å². The molecule has 0 aliphatic rings. The Kier molecular flexibility index (Phi) is 4.82. The van der Waals surface area contributed by atoms with E-state index in [1.165, 1.54) is 28.9 Å². The van der Waals surface area contributed by atoms with Crippen LogP contribution in [0.1, 0.15) is 0 Å². The van der Waals surface area contributed by atoms with Gasteiger partial charge >= 0.3 is 0 Å². The van der Waals surface area contributed by atoms with Gasteiger partial charge in [-0.15, -0.1) is 22.7 Å². The average Bonchev–Trinajstić information content (AvgIpc) is 3.55. The first-order chi connectivity index (χ1) is 16.3. The summed E-state index contributed by atoms with van der Waals surface area (Å²) in [6.07, 6.45) is 1.46. The molecule has 0 aliphatic heterocycles. The zero-order valence-corrected chi connectivity index (χ0v) is 20.6. The Labute approximate surface area is 203 Å². The van der Waals surface area contributed by atoms with E-state index in [9.17, 15) is 16.8 Å². The number of rotatable bonds is 5. The summed E-state index contributed by atoms with van der Waals surface area (Å²) < 4.78 is 59.5. The molecule has 0 atom stereocenters.